The van der Waals surface area contributed by atoms with Crippen LogP contribution in [0, 0.1) is 0 Å². The minimum absolute atomic E-state index is 0.202. The van der Waals surface area contributed by atoms with Gasteiger partial charge in [-0.3, -0.25) is 0 Å². The second-order valence-corrected chi connectivity index (χ2v) is 6.64. The number of ether oxygens (including phenoxy) is 3. The van der Waals surface area contributed by atoms with Gasteiger partial charge in [0.2, 0.25) is 0 Å². The van der Waals surface area contributed by atoms with Gasteiger partial charge in [-0.2, -0.15) is 9.97 Å². The van der Waals surface area contributed by atoms with Crippen LogP contribution in [0.4, 0.5) is 0 Å². The first-order chi connectivity index (χ1) is 13.2. The highest BCUT2D eigenvalue weighted by Crippen LogP contribution is 2.25. The van der Waals surface area contributed by atoms with E-state index >= 15 is 0 Å². The smallest absolute Gasteiger partial charge is 0.322 e. The van der Waals surface area contributed by atoms with Crippen LogP contribution < -0.4 is 14.2 Å². The summed E-state index contributed by atoms with van der Waals surface area (Å²) in [6.07, 6.45) is 0. The Hall–Kier alpha value is -3.26. The third-order valence-corrected chi connectivity index (χ3v) is 4.78. The summed E-state index contributed by atoms with van der Waals surface area (Å²) in [5, 5.41) is 0.937. The van der Waals surface area contributed by atoms with Gasteiger partial charge in [0, 0.05) is 5.56 Å². The number of para-hydroxylation sites is 1. The third kappa shape index (κ3) is 3.80. The Balaban J connectivity index is 1.49. The number of fused-ring (bicyclic) bond motifs is 1. The van der Waals surface area contributed by atoms with Crippen molar-refractivity contribution in [2.24, 2.45) is 0 Å². The number of aromatic nitrogens is 4. The van der Waals surface area contributed by atoms with Crippen LogP contribution in [0.3, 0.4) is 0 Å². The lowest BCUT2D eigenvalue weighted by Crippen LogP contribution is -2.01. The summed E-state index contributed by atoms with van der Waals surface area (Å²) in [5.74, 6) is 1.21. The Morgan fingerprint density at radius 1 is 0.815 bits per heavy atom. The second-order valence-electron chi connectivity index (χ2n) is 5.52. The summed E-state index contributed by atoms with van der Waals surface area (Å²) in [6, 6.07) is 15.9. The van der Waals surface area contributed by atoms with Gasteiger partial charge < -0.3 is 14.2 Å². The van der Waals surface area contributed by atoms with Crippen molar-refractivity contribution in [3.8, 4) is 29.2 Å². The van der Waals surface area contributed by atoms with Crippen molar-refractivity contribution in [3.05, 3.63) is 53.5 Å². The van der Waals surface area contributed by atoms with Crippen LogP contribution in [-0.4, -0.2) is 34.2 Å². The Kier molecular flexibility index (Phi) is 4.80. The first-order valence-corrected chi connectivity index (χ1v) is 8.98. The van der Waals surface area contributed by atoms with Crippen molar-refractivity contribution in [2.45, 2.75) is 6.61 Å². The van der Waals surface area contributed by atoms with E-state index in [1.165, 1.54) is 14.2 Å². The maximum Gasteiger partial charge on any atom is 0.322 e. The van der Waals surface area contributed by atoms with E-state index in [4.69, 9.17) is 14.2 Å². The minimum Gasteiger partial charge on any atom is -0.486 e. The fraction of sp³-hybridized carbons (Fsp3) is 0.158. The summed E-state index contributed by atoms with van der Waals surface area (Å²) >= 11 is 1.63. The zero-order valence-electron chi connectivity index (χ0n) is 14.7. The van der Waals surface area contributed by atoms with E-state index in [2.05, 4.69) is 26.0 Å². The molecule has 0 fully saturated rings. The average Bonchev–Trinajstić information content (AvgIpc) is 3.15. The monoisotopic (exact) mass is 380 g/mol. The molecule has 0 bridgehead atoms. The van der Waals surface area contributed by atoms with Gasteiger partial charge in [0.05, 0.1) is 24.4 Å². The van der Waals surface area contributed by atoms with Crippen LogP contribution in [0.15, 0.2) is 48.5 Å². The van der Waals surface area contributed by atoms with Crippen molar-refractivity contribution in [1.82, 2.24) is 19.9 Å². The topological polar surface area (TPSA) is 79.2 Å². The molecule has 0 N–H and O–H groups in total. The molecule has 0 unspecified atom stereocenters. The normalized spacial score (nSPS) is 10.7. The summed E-state index contributed by atoms with van der Waals surface area (Å²) in [7, 11) is 3.00. The lowest BCUT2D eigenvalue weighted by molar-refractivity contribution is 0.306. The standard InChI is InChI=1S/C19H16N4O3S/c1-24-18-21-17(22-19(23-18)25-2)12-7-9-13(10-8-12)26-11-16-20-14-5-3-4-6-15(14)27-16/h3-10H,11H2,1-2H3. The molecule has 2 aromatic heterocycles. The zero-order valence-corrected chi connectivity index (χ0v) is 15.6. The summed E-state index contributed by atoms with van der Waals surface area (Å²) < 4.78 is 17.2. The Morgan fingerprint density at radius 2 is 1.52 bits per heavy atom. The highest BCUT2D eigenvalue weighted by atomic mass is 32.1. The summed E-state index contributed by atoms with van der Waals surface area (Å²) in [4.78, 5) is 17.1. The molecule has 0 atom stereocenters. The number of methoxy groups -OCH3 is 2. The predicted octanol–water partition coefficient (Wildman–Crippen LogP) is 3.74. The number of thiazole rings is 1. The molecule has 0 radical (unpaired) electrons. The van der Waals surface area contributed by atoms with Crippen molar-refractivity contribution in [1.29, 1.82) is 0 Å². The first-order valence-electron chi connectivity index (χ1n) is 8.17. The van der Waals surface area contributed by atoms with Gasteiger partial charge in [0.25, 0.3) is 0 Å². The van der Waals surface area contributed by atoms with Crippen LogP contribution in [0.25, 0.3) is 21.6 Å². The van der Waals surface area contributed by atoms with Gasteiger partial charge in [0.15, 0.2) is 5.82 Å². The van der Waals surface area contributed by atoms with E-state index in [0.717, 1.165) is 26.5 Å². The molecule has 0 saturated carbocycles. The van der Waals surface area contributed by atoms with E-state index < -0.39 is 0 Å². The molecule has 2 aromatic carbocycles. The van der Waals surface area contributed by atoms with Crippen molar-refractivity contribution in [3.63, 3.8) is 0 Å². The number of hydrogen-bond acceptors (Lipinski definition) is 8. The number of nitrogens with zero attached hydrogens (tertiary/aromatic N) is 4. The van der Waals surface area contributed by atoms with Crippen molar-refractivity contribution >= 4 is 21.6 Å². The van der Waals surface area contributed by atoms with Gasteiger partial charge in [-0.15, -0.1) is 16.3 Å². The molecule has 0 saturated heterocycles. The first kappa shape index (κ1) is 17.2. The van der Waals surface area contributed by atoms with Gasteiger partial charge in [-0.1, -0.05) is 12.1 Å². The molecule has 0 amide bonds. The minimum atomic E-state index is 0.202. The second kappa shape index (κ2) is 7.55. The van der Waals surface area contributed by atoms with E-state index in [1.54, 1.807) is 11.3 Å². The molecule has 136 valence electrons. The average molecular weight is 380 g/mol. The number of hydrogen-bond donors (Lipinski definition) is 0. The van der Waals surface area contributed by atoms with Crippen LogP contribution >= 0.6 is 11.3 Å². The maximum atomic E-state index is 5.85. The van der Waals surface area contributed by atoms with E-state index in [0.29, 0.717) is 12.4 Å². The molecule has 0 spiro atoms. The fourth-order valence-electron chi connectivity index (χ4n) is 2.48. The molecule has 0 aliphatic carbocycles. The largest absolute Gasteiger partial charge is 0.486 e. The quantitative estimate of drug-likeness (QED) is 0.504. The molecule has 4 rings (SSSR count). The highest BCUT2D eigenvalue weighted by Gasteiger charge is 2.10. The molecule has 4 aromatic rings. The Labute approximate surface area is 159 Å². The summed E-state index contributed by atoms with van der Waals surface area (Å²) in [5.41, 5.74) is 1.80. The molecule has 2 heterocycles. The van der Waals surface area contributed by atoms with Gasteiger partial charge in [-0.05, 0) is 36.4 Å². The fourth-order valence-corrected chi connectivity index (χ4v) is 3.36. The van der Waals surface area contributed by atoms with Gasteiger partial charge in [-0.25, -0.2) is 4.98 Å². The Bertz CT molecular complexity index is 1010. The van der Waals surface area contributed by atoms with E-state index in [1.807, 2.05) is 42.5 Å². The zero-order chi connectivity index (χ0) is 18.6. The number of benzene rings is 2. The molecular weight excluding hydrogens is 364 g/mol. The maximum absolute atomic E-state index is 5.85. The van der Waals surface area contributed by atoms with Crippen LogP contribution in [0.2, 0.25) is 0 Å². The molecule has 7 nitrogen and oxygen atoms in total. The summed E-state index contributed by atoms with van der Waals surface area (Å²) in [6.45, 7) is 0.423. The lowest BCUT2D eigenvalue weighted by Gasteiger charge is -2.07. The van der Waals surface area contributed by atoms with E-state index in [-0.39, 0.29) is 12.0 Å². The SMILES string of the molecule is COc1nc(OC)nc(-c2ccc(OCc3nc4ccccc4s3)cc2)n1. The van der Waals surface area contributed by atoms with Crippen LogP contribution in [0.5, 0.6) is 17.8 Å². The molecule has 0 aliphatic rings. The molecule has 8 heteroatoms. The van der Waals surface area contributed by atoms with Crippen LogP contribution in [0.1, 0.15) is 5.01 Å². The highest BCUT2D eigenvalue weighted by molar-refractivity contribution is 7.18. The third-order valence-electron chi connectivity index (χ3n) is 3.77. The van der Waals surface area contributed by atoms with Gasteiger partial charge in [0.1, 0.15) is 17.4 Å². The predicted molar refractivity (Wildman–Crippen MR) is 102 cm³/mol. The van der Waals surface area contributed by atoms with Crippen molar-refractivity contribution in [2.75, 3.05) is 14.2 Å². The number of rotatable bonds is 6. The molecule has 0 aliphatic heterocycles. The van der Waals surface area contributed by atoms with E-state index in [9.17, 15) is 0 Å². The van der Waals surface area contributed by atoms with Gasteiger partial charge >= 0.3 is 12.0 Å². The lowest BCUT2D eigenvalue weighted by atomic mass is 10.2. The van der Waals surface area contributed by atoms with Crippen molar-refractivity contribution < 1.29 is 14.2 Å². The van der Waals surface area contributed by atoms with Crippen LogP contribution in [-0.2, 0) is 6.61 Å². The molecule has 27 heavy (non-hydrogen) atoms. The Morgan fingerprint density at radius 3 is 2.19 bits per heavy atom. The molecular formula is C19H16N4O3S.